The summed E-state index contributed by atoms with van der Waals surface area (Å²) in [6, 6.07) is 88.2. The number of hydrogen-bond acceptors (Lipinski definition) is 4. The molecule has 6 heterocycles. The molecule has 0 unspecified atom stereocenters. The largest absolute Gasteiger partial charge is 0.308 e. The van der Waals surface area contributed by atoms with Crippen LogP contribution >= 0.6 is 0 Å². The topological polar surface area (TPSA) is 71.3 Å². The Balaban J connectivity index is 1.26. The van der Waals surface area contributed by atoms with Crippen LogP contribution in [0.1, 0.15) is 22.3 Å². The van der Waals surface area contributed by atoms with E-state index in [-0.39, 0.29) is 0 Å². The van der Waals surface area contributed by atoms with E-state index in [4.69, 9.17) is 19.9 Å². The van der Waals surface area contributed by atoms with Crippen molar-refractivity contribution >= 4 is 87.2 Å². The number of benzene rings is 11. The third-order valence-electron chi connectivity index (χ3n) is 17.5. The Kier molecular flexibility index (Phi) is 11.0. The molecule has 406 valence electrons. The first-order valence-electron chi connectivity index (χ1n) is 29.4. The maximum Gasteiger partial charge on any atom is 0.168 e. The van der Waals surface area contributed by atoms with Gasteiger partial charge in [0, 0.05) is 77.7 Å². The van der Waals surface area contributed by atoms with Crippen LogP contribution in [0.25, 0.3) is 155 Å². The van der Waals surface area contributed by atoms with Crippen molar-refractivity contribution in [1.29, 1.82) is 0 Å². The van der Waals surface area contributed by atoms with Crippen LogP contribution in [-0.4, -0.2) is 38.2 Å². The van der Waals surface area contributed by atoms with Gasteiger partial charge in [-0.3, -0.25) is 4.98 Å². The number of hydrogen-bond donors (Lipinski definition) is 0. The Morgan fingerprint density at radius 1 is 0.244 bits per heavy atom. The highest BCUT2D eigenvalue weighted by molar-refractivity contribution is 6.18. The summed E-state index contributed by atoms with van der Waals surface area (Å²) in [5, 5.41) is 9.14. The summed E-state index contributed by atoms with van der Waals surface area (Å²) < 4.78 is 10.2. The van der Waals surface area contributed by atoms with Gasteiger partial charge in [0.25, 0.3) is 0 Å². The van der Waals surface area contributed by atoms with E-state index in [1.165, 1.54) is 22.3 Å². The molecule has 17 aromatic rings. The van der Waals surface area contributed by atoms with E-state index in [2.05, 4.69) is 276 Å². The molecule has 8 heteroatoms. The summed E-state index contributed by atoms with van der Waals surface area (Å²) >= 11 is 0. The first-order chi connectivity index (χ1) is 42.3. The van der Waals surface area contributed by atoms with Crippen molar-refractivity contribution in [1.82, 2.24) is 38.2 Å². The standard InChI is InChI=1S/C78H54N8/c1-47-33-37-66-58(42-47)54-25-11-15-29-62(54)83(66)72-70(53-24-19-41-79-46-53)73(84-63-30-16-12-26-55(63)59-43-48(2)34-38-67(59)84)75(86-65-32-18-14-28-57(65)61-45-50(4)36-40-69(61)86)74(85-64-31-17-13-27-56(64)60-44-49(3)35-39-68(60)85)71(72)78-81-76(51-20-7-5-8-21-51)80-77(82-78)52-22-9-6-10-23-52/h5-46H,1-4H3. The second-order valence-electron chi connectivity index (χ2n) is 22.9. The molecule has 0 amide bonds. The molecular formula is C78H54N8. The number of rotatable bonds is 8. The predicted octanol–water partition coefficient (Wildman–Crippen LogP) is 19.6. The van der Waals surface area contributed by atoms with Crippen molar-refractivity contribution < 1.29 is 0 Å². The van der Waals surface area contributed by atoms with Crippen LogP contribution in [0.2, 0.25) is 0 Å². The monoisotopic (exact) mass is 1100 g/mol. The van der Waals surface area contributed by atoms with E-state index >= 15 is 0 Å². The van der Waals surface area contributed by atoms with E-state index in [0.29, 0.717) is 17.5 Å². The fourth-order valence-electron chi connectivity index (χ4n) is 13.8. The van der Waals surface area contributed by atoms with Crippen molar-refractivity contribution in [3.05, 3.63) is 277 Å². The van der Waals surface area contributed by atoms with Gasteiger partial charge >= 0.3 is 0 Å². The lowest BCUT2D eigenvalue weighted by Crippen LogP contribution is -2.17. The lowest BCUT2D eigenvalue weighted by molar-refractivity contribution is 1.02. The molecule has 6 aromatic heterocycles. The van der Waals surface area contributed by atoms with Gasteiger partial charge in [-0.1, -0.05) is 186 Å². The molecule has 0 saturated heterocycles. The zero-order chi connectivity index (χ0) is 57.3. The van der Waals surface area contributed by atoms with Crippen molar-refractivity contribution in [3.8, 4) is 68.0 Å². The van der Waals surface area contributed by atoms with Crippen LogP contribution in [0.5, 0.6) is 0 Å². The first kappa shape index (κ1) is 49.4. The molecule has 0 fully saturated rings. The minimum absolute atomic E-state index is 0.506. The van der Waals surface area contributed by atoms with Crippen LogP contribution in [0.4, 0.5) is 0 Å². The normalized spacial score (nSPS) is 12.0. The van der Waals surface area contributed by atoms with Crippen molar-refractivity contribution in [2.24, 2.45) is 0 Å². The molecule has 0 bridgehead atoms. The molecule has 86 heavy (non-hydrogen) atoms. The smallest absolute Gasteiger partial charge is 0.168 e. The molecule has 0 saturated carbocycles. The summed E-state index contributed by atoms with van der Waals surface area (Å²) in [6.45, 7) is 8.76. The van der Waals surface area contributed by atoms with Gasteiger partial charge in [0.1, 0.15) is 0 Å². The Hall–Kier alpha value is -11.2. The molecule has 0 atom stereocenters. The van der Waals surface area contributed by atoms with Gasteiger partial charge in [-0.25, -0.2) is 15.0 Å². The van der Waals surface area contributed by atoms with Crippen LogP contribution in [0, 0.1) is 27.7 Å². The molecular weight excluding hydrogens is 1050 g/mol. The van der Waals surface area contributed by atoms with Gasteiger partial charge in [-0.2, -0.15) is 0 Å². The van der Waals surface area contributed by atoms with Gasteiger partial charge in [0.15, 0.2) is 17.5 Å². The van der Waals surface area contributed by atoms with Crippen LogP contribution < -0.4 is 0 Å². The Morgan fingerprint density at radius 2 is 0.558 bits per heavy atom. The molecule has 0 N–H and O–H groups in total. The number of pyridine rings is 1. The van der Waals surface area contributed by atoms with Crippen LogP contribution in [0.15, 0.2) is 255 Å². The van der Waals surface area contributed by atoms with Gasteiger partial charge in [0.05, 0.1) is 72.4 Å². The number of fused-ring (bicyclic) bond motifs is 12. The van der Waals surface area contributed by atoms with E-state index in [1.807, 2.05) is 24.5 Å². The lowest BCUT2D eigenvalue weighted by Gasteiger charge is -2.31. The number of para-hydroxylation sites is 4. The minimum Gasteiger partial charge on any atom is -0.308 e. The summed E-state index contributed by atoms with van der Waals surface area (Å²) in [5.41, 5.74) is 21.2. The molecule has 0 aliphatic carbocycles. The van der Waals surface area contributed by atoms with Crippen molar-refractivity contribution in [2.45, 2.75) is 27.7 Å². The third-order valence-corrected chi connectivity index (χ3v) is 17.5. The third kappa shape index (κ3) is 7.42. The number of nitrogens with zero attached hydrogens (tertiary/aromatic N) is 8. The zero-order valence-corrected chi connectivity index (χ0v) is 47.8. The summed E-state index contributed by atoms with van der Waals surface area (Å²) in [7, 11) is 0. The Bertz CT molecular complexity index is 5570. The van der Waals surface area contributed by atoms with E-state index in [9.17, 15) is 0 Å². The maximum atomic E-state index is 5.90. The SMILES string of the molecule is Cc1ccc2c(c1)c1ccccc1n2-c1c(-c2cccnc2)c(-n2c3ccccc3c3cc(C)ccc32)c(-n2c3ccccc3c3cc(C)ccc32)c(-n2c3ccccc3c3cc(C)ccc32)c1-c1nc(-c2ccccc2)nc(-c2ccccc2)n1. The van der Waals surface area contributed by atoms with E-state index in [0.717, 1.165) is 138 Å². The number of aryl methyl sites for hydroxylation is 4. The van der Waals surface area contributed by atoms with Crippen molar-refractivity contribution in [2.75, 3.05) is 0 Å². The second kappa shape index (κ2) is 19.2. The minimum atomic E-state index is 0.506. The summed E-state index contributed by atoms with van der Waals surface area (Å²) in [4.78, 5) is 22.3. The number of aromatic nitrogens is 8. The molecule has 0 spiro atoms. The molecule has 0 radical (unpaired) electrons. The van der Waals surface area contributed by atoms with E-state index < -0.39 is 0 Å². The van der Waals surface area contributed by atoms with Crippen LogP contribution in [0.3, 0.4) is 0 Å². The Morgan fingerprint density at radius 3 is 0.942 bits per heavy atom. The fourth-order valence-corrected chi connectivity index (χ4v) is 13.8. The molecule has 0 aliphatic heterocycles. The van der Waals surface area contributed by atoms with Crippen LogP contribution in [-0.2, 0) is 0 Å². The highest BCUT2D eigenvalue weighted by Crippen LogP contribution is 2.54. The Labute approximate surface area is 495 Å². The summed E-state index contributed by atoms with van der Waals surface area (Å²) in [5.74, 6) is 1.62. The lowest BCUT2D eigenvalue weighted by atomic mass is 9.92. The maximum absolute atomic E-state index is 5.90. The highest BCUT2D eigenvalue weighted by atomic mass is 15.1. The van der Waals surface area contributed by atoms with E-state index in [1.54, 1.807) is 0 Å². The van der Waals surface area contributed by atoms with Gasteiger partial charge < -0.3 is 18.3 Å². The van der Waals surface area contributed by atoms with Crippen molar-refractivity contribution in [3.63, 3.8) is 0 Å². The average molecular weight is 1100 g/mol. The first-order valence-corrected chi connectivity index (χ1v) is 29.4. The fraction of sp³-hybridized carbons (Fsp3) is 0.0513. The zero-order valence-electron chi connectivity index (χ0n) is 47.8. The average Bonchev–Trinajstić information content (AvgIpc) is 1.67. The highest BCUT2D eigenvalue weighted by Gasteiger charge is 2.37. The molecule has 11 aromatic carbocycles. The van der Waals surface area contributed by atoms with Gasteiger partial charge in [-0.15, -0.1) is 0 Å². The molecule has 17 rings (SSSR count). The van der Waals surface area contributed by atoms with Gasteiger partial charge in [-0.05, 0) is 107 Å². The summed E-state index contributed by atoms with van der Waals surface area (Å²) in [6.07, 6.45) is 3.92. The molecule has 0 aliphatic rings. The molecule has 8 nitrogen and oxygen atoms in total. The van der Waals surface area contributed by atoms with Gasteiger partial charge in [0.2, 0.25) is 0 Å². The quantitative estimate of drug-likeness (QED) is 0.152. The predicted molar refractivity (Wildman–Crippen MR) is 356 cm³/mol. The second-order valence-corrected chi connectivity index (χ2v) is 22.9.